The first kappa shape index (κ1) is 25.0. The minimum atomic E-state index is -1.13. The number of hydrazine groups is 2. The molecular weight excluding hydrogens is 446 g/mol. The van der Waals surface area contributed by atoms with Gasteiger partial charge in [0.25, 0.3) is 11.8 Å². The number of benzene rings is 1. The molecule has 1 atom stereocenters. The van der Waals surface area contributed by atoms with Gasteiger partial charge in [-0.1, -0.05) is 12.1 Å². The predicted octanol–water partition coefficient (Wildman–Crippen LogP) is 1.53. The summed E-state index contributed by atoms with van der Waals surface area (Å²) in [6.45, 7) is 5.61. The van der Waals surface area contributed by atoms with E-state index in [0.29, 0.717) is 36.2 Å². The van der Waals surface area contributed by atoms with E-state index in [2.05, 4.69) is 16.3 Å². The van der Waals surface area contributed by atoms with E-state index in [1.807, 2.05) is 0 Å². The highest BCUT2D eigenvalue weighted by molar-refractivity contribution is 6.20. The van der Waals surface area contributed by atoms with Crippen LogP contribution in [0.15, 0.2) is 36.2 Å². The van der Waals surface area contributed by atoms with Gasteiger partial charge >= 0.3 is 12.1 Å². The Morgan fingerprint density at radius 2 is 1.76 bits per heavy atom. The van der Waals surface area contributed by atoms with Crippen LogP contribution in [0.1, 0.15) is 60.7 Å². The molecule has 34 heavy (non-hydrogen) atoms. The summed E-state index contributed by atoms with van der Waals surface area (Å²) in [7, 11) is 0. The second-order valence-corrected chi connectivity index (χ2v) is 8.84. The molecule has 1 unspecified atom stereocenters. The number of unbranched alkanes of at least 4 members (excludes halogenated alkanes) is 1. The number of amides is 3. The third kappa shape index (κ3) is 6.45. The van der Waals surface area contributed by atoms with E-state index in [4.69, 9.17) is 9.57 Å². The molecule has 0 saturated heterocycles. The van der Waals surface area contributed by atoms with Crippen molar-refractivity contribution in [2.24, 2.45) is 0 Å². The van der Waals surface area contributed by atoms with Crippen molar-refractivity contribution in [2.45, 2.75) is 51.7 Å². The number of alkyl carbamates (subject to hydrolysis) is 1. The van der Waals surface area contributed by atoms with Crippen molar-refractivity contribution in [2.75, 3.05) is 13.2 Å². The Labute approximate surface area is 196 Å². The molecule has 1 aromatic carbocycles. The molecule has 184 valence electrons. The monoisotopic (exact) mass is 475 g/mol. The topological polar surface area (TPSA) is 150 Å². The molecule has 0 radical (unpaired) electrons. The van der Waals surface area contributed by atoms with Crippen LogP contribution in [-0.4, -0.2) is 63.9 Å². The molecule has 0 aromatic heterocycles. The van der Waals surface area contributed by atoms with E-state index in [1.54, 1.807) is 56.2 Å². The largest absolute Gasteiger partial charge is 0.480 e. The number of imide groups is 1. The van der Waals surface area contributed by atoms with E-state index < -0.39 is 35.5 Å². The number of carboxylic acid groups (broad SMARTS) is 1. The number of nitrogens with one attached hydrogen (secondary N) is 3. The van der Waals surface area contributed by atoms with Crippen LogP contribution in [0.3, 0.4) is 0 Å². The van der Waals surface area contributed by atoms with Gasteiger partial charge in [0.15, 0.2) is 0 Å². The molecule has 2 aliphatic rings. The number of nitrogens with zero attached hydrogens (tertiary/aromatic N) is 2. The summed E-state index contributed by atoms with van der Waals surface area (Å²) in [5, 5.41) is 14.2. The average molecular weight is 476 g/mol. The van der Waals surface area contributed by atoms with Gasteiger partial charge in [0.05, 0.1) is 16.8 Å². The zero-order valence-electron chi connectivity index (χ0n) is 19.3. The molecule has 2 heterocycles. The first-order valence-electron chi connectivity index (χ1n) is 10.9. The van der Waals surface area contributed by atoms with Crippen molar-refractivity contribution in [3.63, 3.8) is 0 Å². The number of fused-ring (bicyclic) bond motifs is 1. The zero-order chi connectivity index (χ0) is 24.9. The van der Waals surface area contributed by atoms with Gasteiger partial charge in [0, 0.05) is 12.7 Å². The van der Waals surface area contributed by atoms with Crippen LogP contribution < -0.4 is 16.3 Å². The maximum Gasteiger partial charge on any atom is 0.408 e. The molecule has 12 heteroatoms. The van der Waals surface area contributed by atoms with Gasteiger partial charge in [0.2, 0.25) is 0 Å². The molecule has 12 nitrogen and oxygen atoms in total. The summed E-state index contributed by atoms with van der Waals surface area (Å²) < 4.78 is 5.10. The quantitative estimate of drug-likeness (QED) is 0.290. The van der Waals surface area contributed by atoms with Gasteiger partial charge in [-0.15, -0.1) is 10.6 Å². The van der Waals surface area contributed by atoms with Crippen LogP contribution in [0.5, 0.6) is 0 Å². The van der Waals surface area contributed by atoms with Crippen LogP contribution in [0.4, 0.5) is 4.79 Å². The Hall–Kier alpha value is -3.64. The Balaban J connectivity index is 1.39. The number of aliphatic carboxylic acids is 1. The van der Waals surface area contributed by atoms with E-state index in [-0.39, 0.29) is 13.0 Å². The number of hydroxylamine groups is 2. The first-order valence-corrected chi connectivity index (χ1v) is 10.9. The number of carbonyl (C=O) groups is 4. The molecular formula is C22H29N5O7. The first-order chi connectivity index (χ1) is 16.0. The Kier molecular flexibility index (Phi) is 7.74. The number of rotatable bonds is 10. The summed E-state index contributed by atoms with van der Waals surface area (Å²) >= 11 is 0. The lowest BCUT2D eigenvalue weighted by Crippen LogP contribution is -2.43. The smallest absolute Gasteiger partial charge is 0.408 e. The van der Waals surface area contributed by atoms with E-state index in [1.165, 1.54) is 0 Å². The normalized spacial score (nSPS) is 16.1. The molecule has 0 saturated carbocycles. The summed E-state index contributed by atoms with van der Waals surface area (Å²) in [4.78, 5) is 53.3. The number of hydrogen-bond acceptors (Lipinski definition) is 9. The fourth-order valence-electron chi connectivity index (χ4n) is 3.35. The second-order valence-electron chi connectivity index (χ2n) is 8.84. The fourth-order valence-corrected chi connectivity index (χ4v) is 3.35. The van der Waals surface area contributed by atoms with Crippen LogP contribution in [0.25, 0.3) is 0 Å². The maximum atomic E-state index is 12.3. The van der Waals surface area contributed by atoms with Gasteiger partial charge in [-0.3, -0.25) is 19.4 Å². The summed E-state index contributed by atoms with van der Waals surface area (Å²) in [5.74, 6) is -2.13. The molecule has 0 aliphatic carbocycles. The van der Waals surface area contributed by atoms with Gasteiger partial charge in [-0.05, 0) is 52.2 Å². The molecule has 0 bridgehead atoms. The fraction of sp³-hybridized carbons (Fsp3) is 0.455. The van der Waals surface area contributed by atoms with Crippen molar-refractivity contribution < 1.29 is 33.9 Å². The second kappa shape index (κ2) is 10.5. The molecule has 1 aromatic rings. The lowest BCUT2D eigenvalue weighted by Gasteiger charge is -2.22. The van der Waals surface area contributed by atoms with Crippen molar-refractivity contribution in [1.82, 2.24) is 26.3 Å². The number of ether oxygens (including phenoxy) is 1. The molecule has 0 fully saturated rings. The highest BCUT2D eigenvalue weighted by Crippen LogP contribution is 2.23. The molecule has 4 N–H and O–H groups in total. The van der Waals surface area contributed by atoms with Gasteiger partial charge in [-0.2, -0.15) is 0 Å². The van der Waals surface area contributed by atoms with Gasteiger partial charge in [0.1, 0.15) is 18.2 Å². The average Bonchev–Trinajstić information content (AvgIpc) is 3.30. The highest BCUT2D eigenvalue weighted by Gasteiger charge is 2.36. The highest BCUT2D eigenvalue weighted by atomic mass is 16.7. The summed E-state index contributed by atoms with van der Waals surface area (Å²) in [5.41, 5.74) is 6.30. The van der Waals surface area contributed by atoms with Gasteiger partial charge < -0.3 is 20.6 Å². The van der Waals surface area contributed by atoms with Crippen molar-refractivity contribution in [3.8, 4) is 0 Å². The summed E-state index contributed by atoms with van der Waals surface area (Å²) in [6.07, 6.45) is 2.38. The van der Waals surface area contributed by atoms with E-state index in [9.17, 15) is 24.3 Å². The Morgan fingerprint density at radius 1 is 1.12 bits per heavy atom. The number of hydrogen-bond donors (Lipinski definition) is 4. The minimum absolute atomic E-state index is 0.0319. The Morgan fingerprint density at radius 3 is 2.35 bits per heavy atom. The predicted molar refractivity (Wildman–Crippen MR) is 119 cm³/mol. The third-order valence-corrected chi connectivity index (χ3v) is 4.91. The van der Waals surface area contributed by atoms with Crippen LogP contribution in [0, 0.1) is 0 Å². The standard InChI is InChI=1S/C22H29N5O7/c1-22(2,3)34-21(32)23-17(20(30)31)10-6-7-11-26-12-14(24-25-26)13-33-27-18(28)15-8-4-5-9-16(15)19(27)29/h4-5,8-9,12,17,24-25H,6-7,10-11,13H2,1-3H3,(H,23,32)(H,30,31). The lowest BCUT2D eigenvalue weighted by atomic mass is 10.1. The molecule has 0 spiro atoms. The van der Waals surface area contributed by atoms with Crippen molar-refractivity contribution >= 4 is 23.9 Å². The maximum absolute atomic E-state index is 12.3. The SMILES string of the molecule is CC(C)(C)OC(=O)NC(CCCCN1C=C(CON2C(=O)c3ccccc3C2=O)NN1)C(=O)O. The zero-order valence-corrected chi connectivity index (χ0v) is 19.3. The number of carbonyl (C=O) groups excluding carboxylic acids is 3. The van der Waals surface area contributed by atoms with Gasteiger partial charge in [-0.25, -0.2) is 9.59 Å². The molecule has 3 amide bonds. The van der Waals surface area contributed by atoms with Crippen LogP contribution in [-0.2, 0) is 14.4 Å². The van der Waals surface area contributed by atoms with Crippen molar-refractivity contribution in [1.29, 1.82) is 0 Å². The molecule has 3 rings (SSSR count). The Bertz CT molecular complexity index is 953. The lowest BCUT2D eigenvalue weighted by molar-refractivity contribution is -0.139. The summed E-state index contributed by atoms with van der Waals surface area (Å²) in [6, 6.07) is 5.48. The van der Waals surface area contributed by atoms with E-state index >= 15 is 0 Å². The van der Waals surface area contributed by atoms with Crippen LogP contribution in [0.2, 0.25) is 0 Å². The number of carboxylic acids is 1. The minimum Gasteiger partial charge on any atom is -0.480 e. The van der Waals surface area contributed by atoms with E-state index in [0.717, 1.165) is 5.06 Å². The van der Waals surface area contributed by atoms with Crippen molar-refractivity contribution in [3.05, 3.63) is 47.3 Å². The third-order valence-electron chi connectivity index (χ3n) is 4.91. The van der Waals surface area contributed by atoms with Crippen LogP contribution >= 0.6 is 0 Å². The molecule has 2 aliphatic heterocycles.